The molecule has 2 aromatic heterocycles. The highest BCUT2D eigenvalue weighted by molar-refractivity contribution is 6.31. The van der Waals surface area contributed by atoms with Crippen LogP contribution in [0.3, 0.4) is 0 Å². The highest BCUT2D eigenvalue weighted by atomic mass is 35.5. The number of hydrogen-bond acceptors (Lipinski definition) is 5. The quantitative estimate of drug-likeness (QED) is 0.259. The number of carboxylic acids is 1. The molecule has 0 saturated carbocycles. The largest absolute Gasteiger partial charge is 0.480 e. The van der Waals surface area contributed by atoms with Crippen LogP contribution in [0, 0.1) is 17.0 Å². The van der Waals surface area contributed by atoms with Crippen molar-refractivity contribution in [2.24, 2.45) is 0 Å². The summed E-state index contributed by atoms with van der Waals surface area (Å²) in [5.41, 5.74) is 3.53. The number of non-ortho nitro benzene ring substituents is 1. The standard InChI is InChI=1S/C20H14ClN3O4.C5H10O/c1-11-20(15-6-7-22-17-8-12(21)2-4-14(15)17)16-9-13(24(27)28)3-5-18(16)23(11)10-19(25)26;1-3-4-5(2)6/h2-9H,10H2,1H3,(H,25,26);3-4H2,1-2H3. The van der Waals surface area contributed by atoms with Crippen LogP contribution in [0.1, 0.15) is 32.4 Å². The Morgan fingerprint density at radius 1 is 1.15 bits per heavy atom. The minimum Gasteiger partial charge on any atom is -0.480 e. The Kier molecular flexibility index (Phi) is 7.63. The van der Waals surface area contributed by atoms with Gasteiger partial charge < -0.3 is 14.5 Å². The number of carboxylic acid groups (broad SMARTS) is 1. The number of nitro groups is 1. The average Bonchev–Trinajstić information content (AvgIpc) is 3.03. The van der Waals surface area contributed by atoms with Crippen LogP contribution in [0.4, 0.5) is 5.69 Å². The van der Waals surface area contributed by atoms with Crippen molar-refractivity contribution < 1.29 is 19.6 Å². The van der Waals surface area contributed by atoms with E-state index in [2.05, 4.69) is 4.98 Å². The SMILES string of the molecule is CCCC(C)=O.Cc1c(-c2ccnc3cc(Cl)ccc23)c2cc([N+](=O)[O-])ccc2n1CC(=O)O. The molecule has 0 aliphatic carbocycles. The van der Waals surface area contributed by atoms with E-state index >= 15 is 0 Å². The zero-order chi connectivity index (χ0) is 25.0. The van der Waals surface area contributed by atoms with Crippen LogP contribution in [0.25, 0.3) is 32.9 Å². The predicted octanol–water partition coefficient (Wildman–Crippen LogP) is 6.19. The Labute approximate surface area is 200 Å². The number of pyridine rings is 1. The van der Waals surface area contributed by atoms with E-state index in [0.717, 1.165) is 29.4 Å². The summed E-state index contributed by atoms with van der Waals surface area (Å²) in [7, 11) is 0. The molecule has 0 spiro atoms. The smallest absolute Gasteiger partial charge is 0.323 e. The number of Topliss-reactive ketones (excluding diaryl/α,β-unsaturated/α-hetero) is 1. The molecule has 0 atom stereocenters. The lowest BCUT2D eigenvalue weighted by molar-refractivity contribution is -0.384. The fourth-order valence-electron chi connectivity index (χ4n) is 3.95. The highest BCUT2D eigenvalue weighted by Gasteiger charge is 2.21. The third-order valence-corrected chi connectivity index (χ3v) is 5.62. The summed E-state index contributed by atoms with van der Waals surface area (Å²) in [4.78, 5) is 36.6. The highest BCUT2D eigenvalue weighted by Crippen LogP contribution is 2.39. The van der Waals surface area contributed by atoms with Gasteiger partial charge in [0.15, 0.2) is 0 Å². The lowest BCUT2D eigenvalue weighted by Gasteiger charge is -2.08. The van der Waals surface area contributed by atoms with Gasteiger partial charge in [0.25, 0.3) is 5.69 Å². The summed E-state index contributed by atoms with van der Waals surface area (Å²) < 4.78 is 1.65. The molecule has 0 radical (unpaired) electrons. The predicted molar refractivity (Wildman–Crippen MR) is 132 cm³/mol. The van der Waals surface area contributed by atoms with E-state index in [-0.39, 0.29) is 18.0 Å². The van der Waals surface area contributed by atoms with Gasteiger partial charge in [-0.25, -0.2) is 0 Å². The lowest BCUT2D eigenvalue weighted by Crippen LogP contribution is -2.09. The second-order valence-electron chi connectivity index (χ2n) is 7.87. The fourth-order valence-corrected chi connectivity index (χ4v) is 4.12. The van der Waals surface area contributed by atoms with Gasteiger partial charge in [0.2, 0.25) is 0 Å². The molecular weight excluding hydrogens is 458 g/mol. The monoisotopic (exact) mass is 481 g/mol. The minimum atomic E-state index is -0.990. The van der Waals surface area contributed by atoms with Crippen LogP contribution in [0.5, 0.6) is 0 Å². The third-order valence-electron chi connectivity index (χ3n) is 5.39. The molecule has 0 aliphatic rings. The summed E-state index contributed by atoms with van der Waals surface area (Å²) in [6.07, 6.45) is 3.36. The van der Waals surface area contributed by atoms with Crippen molar-refractivity contribution in [3.8, 4) is 11.1 Å². The van der Waals surface area contributed by atoms with E-state index in [1.54, 1.807) is 35.9 Å². The van der Waals surface area contributed by atoms with Crippen molar-refractivity contribution >= 4 is 50.8 Å². The van der Waals surface area contributed by atoms with Crippen LogP contribution < -0.4 is 0 Å². The van der Waals surface area contributed by atoms with E-state index in [9.17, 15) is 24.8 Å². The van der Waals surface area contributed by atoms with Crippen LogP contribution >= 0.6 is 11.6 Å². The number of aromatic nitrogens is 2. The zero-order valence-electron chi connectivity index (χ0n) is 19.0. The van der Waals surface area contributed by atoms with Gasteiger partial charge in [-0.15, -0.1) is 0 Å². The van der Waals surface area contributed by atoms with Gasteiger partial charge in [0.05, 0.1) is 10.4 Å². The average molecular weight is 482 g/mol. The van der Waals surface area contributed by atoms with E-state index in [1.165, 1.54) is 12.1 Å². The van der Waals surface area contributed by atoms with E-state index in [1.807, 2.05) is 26.0 Å². The van der Waals surface area contributed by atoms with Gasteiger partial charge in [-0.3, -0.25) is 19.9 Å². The number of nitro benzene ring substituents is 1. The molecule has 2 heterocycles. The third kappa shape index (κ3) is 5.23. The number of rotatable bonds is 6. The Balaban J connectivity index is 0.000000481. The van der Waals surface area contributed by atoms with Gasteiger partial charge in [0.1, 0.15) is 12.3 Å². The molecule has 0 aliphatic heterocycles. The summed E-state index contributed by atoms with van der Waals surface area (Å²) in [5, 5.41) is 22.6. The molecule has 0 saturated heterocycles. The molecular formula is C25H24ClN3O5. The normalized spacial score (nSPS) is 10.7. The summed E-state index contributed by atoms with van der Waals surface area (Å²) >= 11 is 6.08. The van der Waals surface area contributed by atoms with E-state index in [0.29, 0.717) is 27.1 Å². The number of carbonyl (C=O) groups is 2. The maximum atomic E-state index is 11.4. The van der Waals surface area contributed by atoms with Crippen molar-refractivity contribution in [2.75, 3.05) is 0 Å². The maximum Gasteiger partial charge on any atom is 0.323 e. The minimum absolute atomic E-state index is 0.0531. The molecule has 4 rings (SSSR count). The first-order chi connectivity index (χ1) is 16.1. The summed E-state index contributed by atoms with van der Waals surface area (Å²) in [6, 6.07) is 11.6. The molecule has 8 nitrogen and oxygen atoms in total. The molecule has 176 valence electrons. The molecule has 0 unspecified atom stereocenters. The summed E-state index contributed by atoms with van der Waals surface area (Å²) in [6.45, 7) is 5.19. The number of hydrogen-bond donors (Lipinski definition) is 1. The van der Waals surface area contributed by atoms with Gasteiger partial charge in [-0.1, -0.05) is 24.6 Å². The Bertz CT molecular complexity index is 1410. The lowest BCUT2D eigenvalue weighted by atomic mass is 9.98. The zero-order valence-corrected chi connectivity index (χ0v) is 19.8. The van der Waals surface area contributed by atoms with E-state index in [4.69, 9.17) is 11.6 Å². The molecule has 0 amide bonds. The first-order valence-electron chi connectivity index (χ1n) is 10.7. The van der Waals surface area contributed by atoms with Gasteiger partial charge in [-0.2, -0.15) is 0 Å². The molecule has 9 heteroatoms. The number of aliphatic carboxylic acids is 1. The number of fused-ring (bicyclic) bond motifs is 2. The first kappa shape index (κ1) is 24.9. The van der Waals surface area contributed by atoms with Crippen molar-refractivity contribution in [3.63, 3.8) is 0 Å². The number of nitrogens with zero attached hydrogens (tertiary/aromatic N) is 3. The van der Waals surface area contributed by atoms with Crippen LogP contribution in [0.15, 0.2) is 48.7 Å². The second kappa shape index (κ2) is 10.4. The maximum absolute atomic E-state index is 11.4. The molecule has 2 aromatic carbocycles. The molecule has 34 heavy (non-hydrogen) atoms. The number of benzene rings is 2. The number of ketones is 1. The Morgan fingerprint density at radius 2 is 1.88 bits per heavy atom. The molecule has 1 N–H and O–H groups in total. The molecule has 0 fully saturated rings. The van der Waals surface area contributed by atoms with Gasteiger partial charge >= 0.3 is 5.97 Å². The Morgan fingerprint density at radius 3 is 2.47 bits per heavy atom. The van der Waals surface area contributed by atoms with Gasteiger partial charge in [0, 0.05) is 57.3 Å². The van der Waals surface area contributed by atoms with Crippen molar-refractivity contribution in [1.82, 2.24) is 9.55 Å². The summed E-state index contributed by atoms with van der Waals surface area (Å²) in [5.74, 6) is -0.700. The molecule has 4 aromatic rings. The van der Waals surface area contributed by atoms with Crippen LogP contribution in [-0.4, -0.2) is 31.3 Å². The fraction of sp³-hybridized carbons (Fsp3) is 0.240. The van der Waals surface area contributed by atoms with Crippen molar-refractivity contribution in [1.29, 1.82) is 0 Å². The topological polar surface area (TPSA) is 115 Å². The van der Waals surface area contributed by atoms with E-state index < -0.39 is 10.9 Å². The van der Waals surface area contributed by atoms with Crippen molar-refractivity contribution in [2.45, 2.75) is 40.2 Å². The first-order valence-corrected chi connectivity index (χ1v) is 11.0. The van der Waals surface area contributed by atoms with Crippen LogP contribution in [0.2, 0.25) is 5.02 Å². The molecule has 0 bridgehead atoms. The van der Waals surface area contributed by atoms with Crippen molar-refractivity contribution in [3.05, 3.63) is 69.5 Å². The van der Waals surface area contributed by atoms with Gasteiger partial charge in [-0.05, 0) is 50.1 Å². The van der Waals surface area contributed by atoms with Crippen LogP contribution in [-0.2, 0) is 16.1 Å². The second-order valence-corrected chi connectivity index (χ2v) is 8.31. The number of carbonyl (C=O) groups excluding carboxylic acids is 1. The number of halogens is 1. The Hall–Kier alpha value is -3.78.